The number of nitrogens with zero attached hydrogens (tertiary/aromatic N) is 4. The summed E-state index contributed by atoms with van der Waals surface area (Å²) >= 11 is 0. The Labute approximate surface area is 150 Å². The number of amides is 1. The van der Waals surface area contributed by atoms with Gasteiger partial charge in [0, 0.05) is 12.6 Å². The molecule has 0 aliphatic rings. The summed E-state index contributed by atoms with van der Waals surface area (Å²) in [6.45, 7) is 0.433. The Hall–Kier alpha value is -3.66. The van der Waals surface area contributed by atoms with E-state index in [9.17, 15) is 10.1 Å². The van der Waals surface area contributed by atoms with Gasteiger partial charge in [-0.25, -0.2) is 4.98 Å². The Morgan fingerprint density at radius 2 is 2.00 bits per heavy atom. The molecule has 0 fully saturated rings. The summed E-state index contributed by atoms with van der Waals surface area (Å²) in [5, 5.41) is 16.1. The Kier molecular flexibility index (Phi) is 5.58. The van der Waals surface area contributed by atoms with Crippen LogP contribution >= 0.6 is 0 Å². The molecular formula is C19H17N5O2. The van der Waals surface area contributed by atoms with Crippen molar-refractivity contribution < 1.29 is 9.53 Å². The van der Waals surface area contributed by atoms with Gasteiger partial charge >= 0.3 is 0 Å². The molecule has 7 heteroatoms. The van der Waals surface area contributed by atoms with E-state index in [1.807, 2.05) is 42.5 Å². The van der Waals surface area contributed by atoms with E-state index in [2.05, 4.69) is 15.4 Å². The molecule has 0 aliphatic carbocycles. The number of hydrogen-bond donors (Lipinski definition) is 1. The van der Waals surface area contributed by atoms with Gasteiger partial charge in [0.05, 0.1) is 12.8 Å². The molecule has 2 aromatic heterocycles. The fourth-order valence-electron chi connectivity index (χ4n) is 2.34. The van der Waals surface area contributed by atoms with Crippen molar-refractivity contribution in [3.63, 3.8) is 0 Å². The van der Waals surface area contributed by atoms with Crippen molar-refractivity contribution in [2.75, 3.05) is 11.9 Å². The van der Waals surface area contributed by atoms with E-state index in [4.69, 9.17) is 4.74 Å². The van der Waals surface area contributed by atoms with Crippen LogP contribution in [0.4, 0.5) is 5.82 Å². The molecular weight excluding hydrogens is 330 g/mol. The van der Waals surface area contributed by atoms with Crippen LogP contribution in [-0.2, 0) is 4.79 Å². The fraction of sp³-hybridized carbons (Fsp3) is 0.158. The van der Waals surface area contributed by atoms with Crippen molar-refractivity contribution >= 4 is 11.7 Å². The van der Waals surface area contributed by atoms with Crippen molar-refractivity contribution in [3.8, 4) is 17.6 Å². The second kappa shape index (κ2) is 8.44. The van der Waals surface area contributed by atoms with Crippen LogP contribution in [0.25, 0.3) is 5.82 Å². The lowest BCUT2D eigenvalue weighted by Gasteiger charge is -2.09. The van der Waals surface area contributed by atoms with Gasteiger partial charge in [-0.3, -0.25) is 4.79 Å². The van der Waals surface area contributed by atoms with Crippen molar-refractivity contribution in [1.29, 1.82) is 5.26 Å². The van der Waals surface area contributed by atoms with Gasteiger partial charge in [-0.2, -0.15) is 15.0 Å². The summed E-state index contributed by atoms with van der Waals surface area (Å²) in [4.78, 5) is 16.4. The van der Waals surface area contributed by atoms with Gasteiger partial charge in [0.1, 0.15) is 17.4 Å². The fourth-order valence-corrected chi connectivity index (χ4v) is 2.34. The average molecular weight is 347 g/mol. The SMILES string of the molecule is N#Cc1cnn(-c2ccccn2)c1NC(=O)CCCOc1ccccc1. The summed E-state index contributed by atoms with van der Waals surface area (Å²) < 4.78 is 7.01. The van der Waals surface area contributed by atoms with E-state index in [1.165, 1.54) is 10.9 Å². The molecule has 130 valence electrons. The molecule has 0 atom stereocenters. The Balaban J connectivity index is 1.59. The average Bonchev–Trinajstić information content (AvgIpc) is 3.09. The molecule has 0 unspecified atom stereocenters. The number of hydrogen-bond acceptors (Lipinski definition) is 5. The molecule has 26 heavy (non-hydrogen) atoms. The van der Waals surface area contributed by atoms with Crippen LogP contribution in [0.2, 0.25) is 0 Å². The smallest absolute Gasteiger partial charge is 0.225 e. The van der Waals surface area contributed by atoms with E-state index in [0.717, 1.165) is 5.75 Å². The number of carbonyl (C=O) groups excluding carboxylic acids is 1. The van der Waals surface area contributed by atoms with Crippen LogP contribution in [0, 0.1) is 11.3 Å². The molecule has 3 rings (SSSR count). The van der Waals surface area contributed by atoms with Gasteiger partial charge in [0.25, 0.3) is 0 Å². The van der Waals surface area contributed by atoms with E-state index < -0.39 is 0 Å². The highest BCUT2D eigenvalue weighted by Crippen LogP contribution is 2.18. The number of aromatic nitrogens is 3. The van der Waals surface area contributed by atoms with E-state index in [-0.39, 0.29) is 17.9 Å². The number of ether oxygens (including phenoxy) is 1. The highest BCUT2D eigenvalue weighted by atomic mass is 16.5. The largest absolute Gasteiger partial charge is 0.494 e. The number of nitriles is 1. The van der Waals surface area contributed by atoms with Crippen LogP contribution in [0.15, 0.2) is 60.9 Å². The molecule has 1 aromatic carbocycles. The van der Waals surface area contributed by atoms with Crippen molar-refractivity contribution in [3.05, 3.63) is 66.5 Å². The Morgan fingerprint density at radius 1 is 1.19 bits per heavy atom. The summed E-state index contributed by atoms with van der Waals surface area (Å²) in [7, 11) is 0. The van der Waals surface area contributed by atoms with Crippen molar-refractivity contribution in [1.82, 2.24) is 14.8 Å². The minimum absolute atomic E-state index is 0.212. The maximum atomic E-state index is 12.2. The van der Waals surface area contributed by atoms with Crippen LogP contribution in [0.1, 0.15) is 18.4 Å². The predicted molar refractivity (Wildman–Crippen MR) is 95.9 cm³/mol. The second-order valence-corrected chi connectivity index (χ2v) is 5.43. The third-order valence-electron chi connectivity index (χ3n) is 3.57. The monoisotopic (exact) mass is 347 g/mol. The number of pyridine rings is 1. The first-order valence-electron chi connectivity index (χ1n) is 8.15. The first-order chi connectivity index (χ1) is 12.8. The van der Waals surface area contributed by atoms with Crippen LogP contribution < -0.4 is 10.1 Å². The normalized spacial score (nSPS) is 10.1. The van der Waals surface area contributed by atoms with Gasteiger partial charge in [-0.1, -0.05) is 24.3 Å². The zero-order chi connectivity index (χ0) is 18.2. The zero-order valence-electron chi connectivity index (χ0n) is 14.0. The highest BCUT2D eigenvalue weighted by Gasteiger charge is 2.15. The highest BCUT2D eigenvalue weighted by molar-refractivity contribution is 5.91. The third kappa shape index (κ3) is 4.24. The third-order valence-corrected chi connectivity index (χ3v) is 3.57. The molecule has 3 aromatic rings. The number of rotatable bonds is 7. The zero-order valence-corrected chi connectivity index (χ0v) is 14.0. The summed E-state index contributed by atoms with van der Waals surface area (Å²) in [6, 6.07) is 16.8. The van der Waals surface area contributed by atoms with Gasteiger partial charge in [-0.15, -0.1) is 0 Å². The second-order valence-electron chi connectivity index (χ2n) is 5.43. The molecule has 7 nitrogen and oxygen atoms in total. The minimum atomic E-state index is -0.212. The van der Waals surface area contributed by atoms with Crippen molar-refractivity contribution in [2.45, 2.75) is 12.8 Å². The predicted octanol–water partition coefficient (Wildman–Crippen LogP) is 2.94. The lowest BCUT2D eigenvalue weighted by Crippen LogP contribution is -2.17. The van der Waals surface area contributed by atoms with Gasteiger partial charge in [-0.05, 0) is 30.7 Å². The first-order valence-corrected chi connectivity index (χ1v) is 8.15. The van der Waals surface area contributed by atoms with E-state index >= 15 is 0 Å². The molecule has 2 heterocycles. The van der Waals surface area contributed by atoms with Gasteiger partial charge in [0.15, 0.2) is 11.6 Å². The molecule has 1 amide bonds. The Morgan fingerprint density at radius 3 is 2.73 bits per heavy atom. The maximum Gasteiger partial charge on any atom is 0.225 e. The summed E-state index contributed by atoms with van der Waals surface area (Å²) in [5.74, 6) is 1.40. The number of para-hydroxylation sites is 1. The minimum Gasteiger partial charge on any atom is -0.494 e. The molecule has 0 bridgehead atoms. The van der Waals surface area contributed by atoms with Gasteiger partial charge < -0.3 is 10.1 Å². The standard InChI is InChI=1S/C19H17N5O2/c20-13-15-14-22-24(17-9-4-5-11-21-17)19(15)23-18(25)10-6-12-26-16-7-2-1-3-8-16/h1-5,7-9,11,14H,6,10,12H2,(H,23,25). The van der Waals surface area contributed by atoms with Gasteiger partial charge in [0.2, 0.25) is 5.91 Å². The number of nitrogens with one attached hydrogen (secondary N) is 1. The molecule has 0 saturated heterocycles. The van der Waals surface area contributed by atoms with Crippen molar-refractivity contribution in [2.24, 2.45) is 0 Å². The van der Waals surface area contributed by atoms with Crippen LogP contribution in [0.5, 0.6) is 5.75 Å². The number of benzene rings is 1. The van der Waals surface area contributed by atoms with Crippen LogP contribution in [-0.4, -0.2) is 27.3 Å². The molecule has 1 N–H and O–H groups in total. The molecule has 0 radical (unpaired) electrons. The lowest BCUT2D eigenvalue weighted by molar-refractivity contribution is -0.116. The quantitative estimate of drug-likeness (QED) is 0.663. The lowest BCUT2D eigenvalue weighted by atomic mass is 10.3. The molecule has 0 spiro atoms. The summed E-state index contributed by atoms with van der Waals surface area (Å²) in [5.41, 5.74) is 0.282. The van der Waals surface area contributed by atoms with Crippen LogP contribution in [0.3, 0.4) is 0 Å². The Bertz CT molecular complexity index is 901. The topological polar surface area (TPSA) is 92.8 Å². The summed E-state index contributed by atoms with van der Waals surface area (Å²) in [6.07, 6.45) is 3.85. The molecule has 0 aliphatic heterocycles. The van der Waals surface area contributed by atoms with E-state index in [0.29, 0.717) is 24.7 Å². The first kappa shape index (κ1) is 17.2. The molecule has 0 saturated carbocycles. The maximum absolute atomic E-state index is 12.2. The van der Waals surface area contributed by atoms with E-state index in [1.54, 1.807) is 18.3 Å². The number of anilines is 1. The number of carbonyl (C=O) groups is 1.